The average molecular weight is 420 g/mol. The molecule has 5 nitrogen and oxygen atoms in total. The number of thioether (sulfide) groups is 1. The molecule has 0 spiro atoms. The van der Waals surface area contributed by atoms with E-state index in [-0.39, 0.29) is 24.3 Å². The number of rotatable bonds is 9. The predicted molar refractivity (Wildman–Crippen MR) is 110 cm³/mol. The maximum absolute atomic E-state index is 12.6. The fraction of sp³-hybridized carbons (Fsp3) is 0.333. The zero-order valence-corrected chi connectivity index (χ0v) is 17.2. The highest BCUT2D eigenvalue weighted by atomic mass is 35.5. The van der Waals surface area contributed by atoms with Crippen LogP contribution in [0.1, 0.15) is 18.4 Å². The van der Waals surface area contributed by atoms with E-state index in [1.54, 1.807) is 24.1 Å². The number of esters is 1. The second-order valence-corrected chi connectivity index (χ2v) is 7.99. The Kier molecular flexibility index (Phi) is 7.23. The molecule has 0 unspecified atom stereocenters. The van der Waals surface area contributed by atoms with Crippen LogP contribution in [-0.4, -0.2) is 42.3 Å². The minimum atomic E-state index is -0.409. The van der Waals surface area contributed by atoms with Crippen molar-refractivity contribution in [1.82, 2.24) is 4.90 Å². The summed E-state index contributed by atoms with van der Waals surface area (Å²) in [6, 6.07) is 15.1. The smallest absolute Gasteiger partial charge is 0.316 e. The van der Waals surface area contributed by atoms with Gasteiger partial charge in [0.1, 0.15) is 5.75 Å². The molecular formula is C21H22ClNO4S. The second kappa shape index (κ2) is 9.85. The minimum Gasteiger partial charge on any atom is -0.497 e. The summed E-state index contributed by atoms with van der Waals surface area (Å²) >= 11 is 7.20. The molecule has 1 aliphatic carbocycles. The van der Waals surface area contributed by atoms with Gasteiger partial charge < -0.3 is 14.4 Å². The summed E-state index contributed by atoms with van der Waals surface area (Å²) in [6.07, 6.45) is 1.98. The van der Waals surface area contributed by atoms with E-state index in [4.69, 9.17) is 21.1 Å². The fourth-order valence-electron chi connectivity index (χ4n) is 2.67. The molecule has 1 aliphatic rings. The van der Waals surface area contributed by atoms with Gasteiger partial charge in [-0.1, -0.05) is 23.7 Å². The SMILES string of the molecule is COc1ccc(CN(C(=O)COC(=O)CSc2ccc(Cl)cc2)C2CC2)cc1. The van der Waals surface area contributed by atoms with E-state index in [0.29, 0.717) is 11.6 Å². The van der Waals surface area contributed by atoms with Crippen LogP contribution in [0.3, 0.4) is 0 Å². The van der Waals surface area contributed by atoms with Crippen LogP contribution in [0.15, 0.2) is 53.4 Å². The Morgan fingerprint density at radius 1 is 1.11 bits per heavy atom. The predicted octanol–water partition coefficient (Wildman–Crippen LogP) is 4.18. The van der Waals surface area contributed by atoms with E-state index in [0.717, 1.165) is 29.1 Å². The molecule has 28 heavy (non-hydrogen) atoms. The normalized spacial score (nSPS) is 13.1. The van der Waals surface area contributed by atoms with Gasteiger partial charge >= 0.3 is 5.97 Å². The summed E-state index contributed by atoms with van der Waals surface area (Å²) < 4.78 is 10.3. The Hall–Kier alpha value is -2.18. The van der Waals surface area contributed by atoms with Crippen molar-refractivity contribution in [1.29, 1.82) is 0 Å². The number of carbonyl (C=O) groups is 2. The second-order valence-electron chi connectivity index (χ2n) is 6.50. The van der Waals surface area contributed by atoms with E-state index in [1.165, 1.54) is 11.8 Å². The Labute approximate surface area is 174 Å². The van der Waals surface area contributed by atoms with Crippen LogP contribution >= 0.6 is 23.4 Å². The summed E-state index contributed by atoms with van der Waals surface area (Å²) in [4.78, 5) is 27.3. The van der Waals surface area contributed by atoms with Crippen molar-refractivity contribution < 1.29 is 19.1 Å². The molecule has 148 valence electrons. The maximum Gasteiger partial charge on any atom is 0.316 e. The van der Waals surface area contributed by atoms with Gasteiger partial charge in [0.25, 0.3) is 5.91 Å². The molecule has 0 N–H and O–H groups in total. The van der Waals surface area contributed by atoms with Crippen LogP contribution in [0.5, 0.6) is 5.75 Å². The van der Waals surface area contributed by atoms with E-state index in [1.807, 2.05) is 36.4 Å². The van der Waals surface area contributed by atoms with Gasteiger partial charge in [0.2, 0.25) is 0 Å². The molecule has 1 saturated carbocycles. The summed E-state index contributed by atoms with van der Waals surface area (Å²) in [5, 5.41) is 0.648. The highest BCUT2D eigenvalue weighted by Gasteiger charge is 2.32. The number of ether oxygens (including phenoxy) is 2. The minimum absolute atomic E-state index is 0.150. The van der Waals surface area contributed by atoms with Gasteiger partial charge in [0.15, 0.2) is 6.61 Å². The first kappa shape index (κ1) is 20.6. The van der Waals surface area contributed by atoms with Crippen molar-refractivity contribution in [2.24, 2.45) is 0 Å². The lowest BCUT2D eigenvalue weighted by molar-refractivity contribution is -0.150. The lowest BCUT2D eigenvalue weighted by Crippen LogP contribution is -2.36. The van der Waals surface area contributed by atoms with Crippen LogP contribution in [0.25, 0.3) is 0 Å². The molecule has 7 heteroatoms. The van der Waals surface area contributed by atoms with Crippen LogP contribution in [0.4, 0.5) is 0 Å². The summed E-state index contributed by atoms with van der Waals surface area (Å²) in [5.41, 5.74) is 1.02. The van der Waals surface area contributed by atoms with E-state index >= 15 is 0 Å². The monoisotopic (exact) mass is 419 g/mol. The van der Waals surface area contributed by atoms with E-state index < -0.39 is 5.97 Å². The lowest BCUT2D eigenvalue weighted by atomic mass is 10.2. The van der Waals surface area contributed by atoms with Crippen molar-refractivity contribution in [3.63, 3.8) is 0 Å². The van der Waals surface area contributed by atoms with Gasteiger partial charge in [-0.25, -0.2) is 0 Å². The molecule has 2 aromatic rings. The number of amides is 1. The molecule has 0 bridgehead atoms. The van der Waals surface area contributed by atoms with Gasteiger partial charge in [-0.2, -0.15) is 0 Å². The largest absolute Gasteiger partial charge is 0.497 e. The highest BCUT2D eigenvalue weighted by Crippen LogP contribution is 2.29. The Morgan fingerprint density at radius 3 is 2.39 bits per heavy atom. The summed E-state index contributed by atoms with van der Waals surface area (Å²) in [5.74, 6) is 0.355. The third-order valence-corrected chi connectivity index (χ3v) is 5.58. The third kappa shape index (κ3) is 6.17. The van der Waals surface area contributed by atoms with Crippen LogP contribution in [0, 0.1) is 0 Å². The molecule has 1 amide bonds. The maximum atomic E-state index is 12.6. The number of hydrogen-bond donors (Lipinski definition) is 0. The van der Waals surface area contributed by atoms with Crippen molar-refractivity contribution in [3.8, 4) is 5.75 Å². The van der Waals surface area contributed by atoms with Gasteiger partial charge in [-0.05, 0) is 54.8 Å². The van der Waals surface area contributed by atoms with Crippen LogP contribution in [0.2, 0.25) is 5.02 Å². The first-order chi connectivity index (χ1) is 13.5. The standard InChI is InChI=1S/C21H22ClNO4S/c1-26-18-8-2-15(3-9-18)12-23(17-6-7-17)20(24)13-27-21(25)14-28-19-10-4-16(22)5-11-19/h2-5,8-11,17H,6-7,12-14H2,1H3. The Bertz CT molecular complexity index is 806. The zero-order valence-electron chi connectivity index (χ0n) is 15.6. The summed E-state index contributed by atoms with van der Waals surface area (Å²) in [6.45, 7) is 0.275. The molecule has 2 aromatic carbocycles. The van der Waals surface area contributed by atoms with Crippen LogP contribution < -0.4 is 4.74 Å². The first-order valence-corrected chi connectivity index (χ1v) is 10.4. The van der Waals surface area contributed by atoms with Gasteiger partial charge in [0.05, 0.1) is 12.9 Å². The highest BCUT2D eigenvalue weighted by molar-refractivity contribution is 8.00. The van der Waals surface area contributed by atoms with Gasteiger partial charge in [-0.15, -0.1) is 11.8 Å². The fourth-order valence-corrected chi connectivity index (χ4v) is 3.50. The number of methoxy groups -OCH3 is 1. The number of hydrogen-bond acceptors (Lipinski definition) is 5. The molecule has 0 heterocycles. The molecule has 0 radical (unpaired) electrons. The number of halogens is 1. The number of carbonyl (C=O) groups excluding carboxylic acids is 2. The van der Waals surface area contributed by atoms with Gasteiger partial charge in [0, 0.05) is 22.5 Å². The van der Waals surface area contributed by atoms with Crippen molar-refractivity contribution in [2.75, 3.05) is 19.5 Å². The molecule has 0 atom stereocenters. The Morgan fingerprint density at radius 2 is 1.79 bits per heavy atom. The van der Waals surface area contributed by atoms with Crippen molar-refractivity contribution >= 4 is 35.2 Å². The van der Waals surface area contributed by atoms with Crippen LogP contribution in [-0.2, 0) is 20.9 Å². The third-order valence-electron chi connectivity index (χ3n) is 4.35. The topological polar surface area (TPSA) is 55.8 Å². The molecule has 1 fully saturated rings. The van der Waals surface area contributed by atoms with E-state index in [2.05, 4.69) is 0 Å². The van der Waals surface area contributed by atoms with Crippen molar-refractivity contribution in [2.45, 2.75) is 30.3 Å². The van der Waals surface area contributed by atoms with Gasteiger partial charge in [-0.3, -0.25) is 9.59 Å². The number of nitrogens with zero attached hydrogens (tertiary/aromatic N) is 1. The first-order valence-electron chi connectivity index (χ1n) is 9.01. The quantitative estimate of drug-likeness (QED) is 0.451. The summed E-state index contributed by atoms with van der Waals surface area (Å²) in [7, 11) is 1.62. The molecule has 3 rings (SSSR count). The Balaban J connectivity index is 1.47. The zero-order chi connectivity index (χ0) is 19.9. The molecule has 0 aliphatic heterocycles. The lowest BCUT2D eigenvalue weighted by Gasteiger charge is -2.22. The van der Waals surface area contributed by atoms with Crippen molar-refractivity contribution in [3.05, 3.63) is 59.1 Å². The number of benzene rings is 2. The molecule has 0 saturated heterocycles. The molecule has 0 aromatic heterocycles. The average Bonchev–Trinajstić information content (AvgIpc) is 3.55. The van der Waals surface area contributed by atoms with E-state index in [9.17, 15) is 9.59 Å². The molecular weight excluding hydrogens is 398 g/mol.